The molecular formula is C21H18Cl2N4O. The molecule has 0 spiro atoms. The molecule has 0 aliphatic heterocycles. The highest BCUT2D eigenvalue weighted by atomic mass is 35.5. The highest BCUT2D eigenvalue weighted by Crippen LogP contribution is 2.25. The third kappa shape index (κ3) is 4.18. The predicted molar refractivity (Wildman–Crippen MR) is 112 cm³/mol. The average molecular weight is 413 g/mol. The molecule has 4 rings (SSSR count). The highest BCUT2D eigenvalue weighted by molar-refractivity contribution is 6.42. The molecule has 0 saturated carbocycles. The van der Waals surface area contributed by atoms with Crippen LogP contribution < -0.4 is 5.32 Å². The van der Waals surface area contributed by atoms with Crippen LogP contribution in [0.5, 0.6) is 0 Å². The molecule has 4 aromatic rings. The summed E-state index contributed by atoms with van der Waals surface area (Å²) < 4.78 is 1.76. The summed E-state index contributed by atoms with van der Waals surface area (Å²) in [6.07, 6.45) is 2.84. The predicted octanol–water partition coefficient (Wildman–Crippen LogP) is 4.53. The molecule has 2 aromatic heterocycles. The van der Waals surface area contributed by atoms with E-state index in [4.69, 9.17) is 23.2 Å². The molecule has 1 unspecified atom stereocenters. The van der Waals surface area contributed by atoms with Crippen molar-refractivity contribution in [3.05, 3.63) is 88.3 Å². The molecule has 0 radical (unpaired) electrons. The van der Waals surface area contributed by atoms with E-state index in [0.29, 0.717) is 23.1 Å². The van der Waals surface area contributed by atoms with Gasteiger partial charge < -0.3 is 10.4 Å². The summed E-state index contributed by atoms with van der Waals surface area (Å²) >= 11 is 11.9. The van der Waals surface area contributed by atoms with Crippen LogP contribution in [0.25, 0.3) is 16.8 Å². The first-order valence-electron chi connectivity index (χ1n) is 8.82. The fourth-order valence-corrected chi connectivity index (χ4v) is 3.35. The van der Waals surface area contributed by atoms with Crippen molar-refractivity contribution in [1.82, 2.24) is 19.9 Å². The zero-order chi connectivity index (χ0) is 19.5. The Labute approximate surface area is 172 Å². The summed E-state index contributed by atoms with van der Waals surface area (Å²) in [5, 5.41) is 18.7. The van der Waals surface area contributed by atoms with Gasteiger partial charge in [0.25, 0.3) is 0 Å². The molecule has 2 heterocycles. The number of aromatic nitrogens is 3. The molecule has 0 amide bonds. The molecule has 0 bridgehead atoms. The number of pyridine rings is 1. The lowest BCUT2D eigenvalue weighted by Crippen LogP contribution is -2.21. The Hall–Kier alpha value is -2.44. The van der Waals surface area contributed by atoms with Crippen LogP contribution in [-0.2, 0) is 6.54 Å². The number of rotatable bonds is 6. The Morgan fingerprint density at radius 1 is 1.00 bits per heavy atom. The zero-order valence-electron chi connectivity index (χ0n) is 14.9. The smallest absolute Gasteiger partial charge is 0.155 e. The van der Waals surface area contributed by atoms with Crippen LogP contribution in [0.1, 0.15) is 17.2 Å². The first-order chi connectivity index (χ1) is 13.6. The van der Waals surface area contributed by atoms with Crippen molar-refractivity contribution >= 4 is 28.8 Å². The van der Waals surface area contributed by atoms with Crippen LogP contribution in [0.3, 0.4) is 0 Å². The number of fused-ring (bicyclic) bond motifs is 1. The molecule has 142 valence electrons. The van der Waals surface area contributed by atoms with Gasteiger partial charge in [-0.2, -0.15) is 5.10 Å². The maximum atomic E-state index is 10.3. The fraction of sp³-hybridized carbons (Fsp3) is 0.143. The van der Waals surface area contributed by atoms with E-state index in [2.05, 4.69) is 33.6 Å². The summed E-state index contributed by atoms with van der Waals surface area (Å²) in [5.74, 6) is 0. The largest absolute Gasteiger partial charge is 0.387 e. The van der Waals surface area contributed by atoms with E-state index in [-0.39, 0.29) is 0 Å². The lowest BCUT2D eigenvalue weighted by atomic mass is 10.0. The summed E-state index contributed by atoms with van der Waals surface area (Å²) in [6, 6.07) is 17.4. The van der Waals surface area contributed by atoms with Gasteiger partial charge >= 0.3 is 0 Å². The van der Waals surface area contributed by atoms with Crippen molar-refractivity contribution in [3.8, 4) is 11.1 Å². The summed E-state index contributed by atoms with van der Waals surface area (Å²) in [7, 11) is 0. The van der Waals surface area contributed by atoms with Crippen molar-refractivity contribution in [2.45, 2.75) is 12.6 Å². The Bertz CT molecular complexity index is 1110. The second-order valence-corrected chi connectivity index (χ2v) is 7.32. The highest BCUT2D eigenvalue weighted by Gasteiger charge is 2.09. The number of hydrogen-bond donors (Lipinski definition) is 2. The second-order valence-electron chi connectivity index (χ2n) is 6.50. The summed E-state index contributed by atoms with van der Waals surface area (Å²) in [5.41, 5.74) is 4.84. The monoisotopic (exact) mass is 412 g/mol. The first kappa shape index (κ1) is 18.9. The molecule has 0 aliphatic rings. The molecule has 5 nitrogen and oxygen atoms in total. The van der Waals surface area contributed by atoms with Gasteiger partial charge in [0.2, 0.25) is 0 Å². The molecule has 2 aromatic carbocycles. The first-order valence-corrected chi connectivity index (χ1v) is 9.58. The topological polar surface area (TPSA) is 62.5 Å². The van der Waals surface area contributed by atoms with Crippen LogP contribution in [0.2, 0.25) is 10.0 Å². The van der Waals surface area contributed by atoms with Crippen molar-refractivity contribution in [2.75, 3.05) is 6.54 Å². The van der Waals surface area contributed by atoms with Crippen LogP contribution in [0.15, 0.2) is 67.1 Å². The average Bonchev–Trinajstić information content (AvgIpc) is 3.18. The molecule has 28 heavy (non-hydrogen) atoms. The second kappa shape index (κ2) is 8.29. The maximum absolute atomic E-state index is 10.3. The quantitative estimate of drug-likeness (QED) is 0.488. The Kier molecular flexibility index (Phi) is 5.59. The van der Waals surface area contributed by atoms with Crippen LogP contribution >= 0.6 is 23.2 Å². The minimum absolute atomic E-state index is 0.410. The van der Waals surface area contributed by atoms with E-state index in [1.165, 1.54) is 0 Å². The molecule has 1 atom stereocenters. The van der Waals surface area contributed by atoms with E-state index in [9.17, 15) is 5.11 Å². The van der Waals surface area contributed by atoms with E-state index in [1.807, 2.05) is 24.4 Å². The van der Waals surface area contributed by atoms with Gasteiger partial charge in [-0.1, -0.05) is 47.5 Å². The van der Waals surface area contributed by atoms with Gasteiger partial charge in [-0.3, -0.25) is 0 Å². The van der Waals surface area contributed by atoms with Crippen molar-refractivity contribution in [2.24, 2.45) is 0 Å². The van der Waals surface area contributed by atoms with E-state index in [1.54, 1.807) is 29.0 Å². The lowest BCUT2D eigenvalue weighted by molar-refractivity contribution is 0.174. The number of halogens is 2. The van der Waals surface area contributed by atoms with Gasteiger partial charge in [0, 0.05) is 24.8 Å². The number of nitrogens with zero attached hydrogens (tertiary/aromatic N) is 3. The van der Waals surface area contributed by atoms with E-state index >= 15 is 0 Å². The van der Waals surface area contributed by atoms with Crippen LogP contribution in [0, 0.1) is 0 Å². The Morgan fingerprint density at radius 2 is 1.89 bits per heavy atom. The Balaban J connectivity index is 1.41. The lowest BCUT2D eigenvalue weighted by Gasteiger charge is -2.13. The van der Waals surface area contributed by atoms with E-state index < -0.39 is 6.10 Å². The molecule has 0 saturated heterocycles. The standard InChI is InChI=1S/C21H18Cl2N4O/c22-18-6-4-16(9-19(18)23)20(28)11-24-10-14-2-1-3-15(8-14)17-5-7-21-25-13-26-27(21)12-17/h1-9,12-13,20,24,28H,10-11H2. The zero-order valence-corrected chi connectivity index (χ0v) is 16.4. The number of nitrogens with one attached hydrogen (secondary N) is 1. The molecule has 2 N–H and O–H groups in total. The van der Waals surface area contributed by atoms with Crippen molar-refractivity contribution in [1.29, 1.82) is 0 Å². The number of benzene rings is 2. The van der Waals surface area contributed by atoms with Gasteiger partial charge in [0.1, 0.15) is 6.33 Å². The fourth-order valence-electron chi connectivity index (χ4n) is 3.04. The van der Waals surface area contributed by atoms with Gasteiger partial charge in [0.05, 0.1) is 16.1 Å². The maximum Gasteiger partial charge on any atom is 0.155 e. The minimum Gasteiger partial charge on any atom is -0.387 e. The van der Waals surface area contributed by atoms with Gasteiger partial charge in [-0.05, 0) is 47.0 Å². The van der Waals surface area contributed by atoms with Crippen LogP contribution in [-0.4, -0.2) is 26.2 Å². The van der Waals surface area contributed by atoms with Crippen molar-refractivity contribution in [3.63, 3.8) is 0 Å². The third-order valence-electron chi connectivity index (χ3n) is 4.53. The third-order valence-corrected chi connectivity index (χ3v) is 5.27. The van der Waals surface area contributed by atoms with Gasteiger partial charge in [0.15, 0.2) is 5.65 Å². The van der Waals surface area contributed by atoms with E-state index in [0.717, 1.165) is 27.9 Å². The normalized spacial score (nSPS) is 12.4. The Morgan fingerprint density at radius 3 is 2.75 bits per heavy atom. The molecule has 7 heteroatoms. The number of hydrogen-bond acceptors (Lipinski definition) is 4. The van der Waals surface area contributed by atoms with Gasteiger partial charge in [-0.25, -0.2) is 9.50 Å². The van der Waals surface area contributed by atoms with Gasteiger partial charge in [-0.15, -0.1) is 0 Å². The molecular weight excluding hydrogens is 395 g/mol. The number of aliphatic hydroxyl groups is 1. The molecule has 0 aliphatic carbocycles. The van der Waals surface area contributed by atoms with Crippen molar-refractivity contribution < 1.29 is 5.11 Å². The summed E-state index contributed by atoms with van der Waals surface area (Å²) in [6.45, 7) is 1.05. The molecule has 0 fully saturated rings. The SMILES string of the molecule is OC(CNCc1cccc(-c2ccc3ncnn3c2)c1)c1ccc(Cl)c(Cl)c1. The van der Waals surface area contributed by atoms with Crippen LogP contribution in [0.4, 0.5) is 0 Å². The summed E-state index contributed by atoms with van der Waals surface area (Å²) in [4.78, 5) is 4.17. The minimum atomic E-state index is -0.660. The number of aliphatic hydroxyl groups excluding tert-OH is 1.